The standard InChI is InChI=1S/C10H18O6S/c1-5-16-8(11)6-17(13,14)7-10(2,3)9(12)15-4/h5-7H2,1-4H3. The Morgan fingerprint density at radius 1 is 1.24 bits per heavy atom. The summed E-state index contributed by atoms with van der Waals surface area (Å²) >= 11 is 0. The summed E-state index contributed by atoms with van der Waals surface area (Å²) in [4.78, 5) is 22.4. The van der Waals surface area contributed by atoms with E-state index in [9.17, 15) is 18.0 Å². The molecule has 0 aliphatic carbocycles. The quantitative estimate of drug-likeness (QED) is 0.637. The fourth-order valence-corrected chi connectivity index (χ4v) is 3.08. The van der Waals surface area contributed by atoms with Gasteiger partial charge in [0.05, 0.1) is 24.9 Å². The second-order valence-electron chi connectivity index (χ2n) is 4.21. The summed E-state index contributed by atoms with van der Waals surface area (Å²) in [5.41, 5.74) is -1.18. The van der Waals surface area contributed by atoms with Crippen molar-refractivity contribution in [1.29, 1.82) is 0 Å². The third-order valence-corrected chi connectivity index (χ3v) is 3.80. The largest absolute Gasteiger partial charge is 0.469 e. The van der Waals surface area contributed by atoms with E-state index in [1.807, 2.05) is 0 Å². The van der Waals surface area contributed by atoms with Crippen LogP contribution >= 0.6 is 0 Å². The molecule has 0 radical (unpaired) electrons. The van der Waals surface area contributed by atoms with E-state index in [2.05, 4.69) is 9.47 Å². The Morgan fingerprint density at radius 2 is 1.76 bits per heavy atom. The Kier molecular flexibility index (Phi) is 5.60. The third-order valence-electron chi connectivity index (χ3n) is 1.96. The van der Waals surface area contributed by atoms with Crippen LogP contribution in [-0.2, 0) is 28.9 Å². The van der Waals surface area contributed by atoms with Crippen LogP contribution in [0, 0.1) is 5.41 Å². The Balaban J connectivity index is 4.66. The molecule has 0 aromatic heterocycles. The predicted octanol–water partition coefficient (Wildman–Crippen LogP) is 0.163. The second kappa shape index (κ2) is 6.00. The molecule has 7 heteroatoms. The number of sulfone groups is 1. The highest BCUT2D eigenvalue weighted by Crippen LogP contribution is 2.20. The topological polar surface area (TPSA) is 86.7 Å². The molecular weight excluding hydrogens is 248 g/mol. The molecule has 0 unspecified atom stereocenters. The van der Waals surface area contributed by atoms with Gasteiger partial charge >= 0.3 is 11.9 Å². The van der Waals surface area contributed by atoms with Crippen LogP contribution in [0.25, 0.3) is 0 Å². The molecule has 0 rings (SSSR count). The monoisotopic (exact) mass is 266 g/mol. The van der Waals surface area contributed by atoms with E-state index in [0.29, 0.717) is 0 Å². The Hall–Kier alpha value is -1.11. The maximum atomic E-state index is 11.6. The smallest absolute Gasteiger partial charge is 0.321 e. The van der Waals surface area contributed by atoms with Crippen molar-refractivity contribution in [2.45, 2.75) is 20.8 Å². The Morgan fingerprint density at radius 3 is 2.18 bits per heavy atom. The van der Waals surface area contributed by atoms with Crippen molar-refractivity contribution in [3.8, 4) is 0 Å². The summed E-state index contributed by atoms with van der Waals surface area (Å²) in [6.07, 6.45) is 0. The number of ether oxygens (including phenoxy) is 2. The molecule has 6 nitrogen and oxygen atoms in total. The minimum atomic E-state index is -3.69. The van der Waals surface area contributed by atoms with Crippen molar-refractivity contribution in [1.82, 2.24) is 0 Å². The normalized spacial score (nSPS) is 12.0. The molecule has 0 saturated carbocycles. The molecule has 0 fully saturated rings. The zero-order chi connectivity index (χ0) is 13.7. The summed E-state index contributed by atoms with van der Waals surface area (Å²) < 4.78 is 32.3. The van der Waals surface area contributed by atoms with Crippen molar-refractivity contribution in [3.05, 3.63) is 0 Å². The maximum Gasteiger partial charge on any atom is 0.321 e. The van der Waals surface area contributed by atoms with E-state index < -0.39 is 38.7 Å². The molecule has 0 heterocycles. The van der Waals surface area contributed by atoms with E-state index in [1.54, 1.807) is 6.92 Å². The lowest BCUT2D eigenvalue weighted by molar-refractivity contribution is -0.149. The van der Waals surface area contributed by atoms with Crippen LogP contribution in [0.5, 0.6) is 0 Å². The van der Waals surface area contributed by atoms with Crippen LogP contribution in [-0.4, -0.2) is 45.6 Å². The van der Waals surface area contributed by atoms with Gasteiger partial charge in [0.2, 0.25) is 0 Å². The van der Waals surface area contributed by atoms with Crippen molar-refractivity contribution in [3.63, 3.8) is 0 Å². The lowest BCUT2D eigenvalue weighted by Gasteiger charge is -2.20. The van der Waals surface area contributed by atoms with Crippen molar-refractivity contribution >= 4 is 21.8 Å². The van der Waals surface area contributed by atoms with Crippen LogP contribution in [0.1, 0.15) is 20.8 Å². The number of rotatable bonds is 6. The molecular formula is C10H18O6S. The summed E-state index contributed by atoms with van der Waals surface area (Å²) in [6, 6.07) is 0. The molecule has 0 aliphatic heterocycles. The first-order valence-electron chi connectivity index (χ1n) is 5.09. The first-order chi connectivity index (χ1) is 7.64. The van der Waals surface area contributed by atoms with Crippen molar-refractivity contribution in [2.24, 2.45) is 5.41 Å². The fraction of sp³-hybridized carbons (Fsp3) is 0.800. The molecule has 17 heavy (non-hydrogen) atoms. The van der Waals surface area contributed by atoms with Gasteiger partial charge in [0.15, 0.2) is 9.84 Å². The Labute approximate surface area is 101 Å². The van der Waals surface area contributed by atoms with Crippen LogP contribution in [0.15, 0.2) is 0 Å². The average molecular weight is 266 g/mol. The number of hydrogen-bond acceptors (Lipinski definition) is 6. The SMILES string of the molecule is CCOC(=O)CS(=O)(=O)CC(C)(C)C(=O)OC. The van der Waals surface area contributed by atoms with Gasteiger partial charge in [-0.25, -0.2) is 8.42 Å². The lowest BCUT2D eigenvalue weighted by atomic mass is 9.97. The van der Waals surface area contributed by atoms with Gasteiger partial charge in [-0.15, -0.1) is 0 Å². The van der Waals surface area contributed by atoms with Crippen LogP contribution < -0.4 is 0 Å². The van der Waals surface area contributed by atoms with Gasteiger partial charge in [0, 0.05) is 0 Å². The number of hydrogen-bond donors (Lipinski definition) is 0. The summed E-state index contributed by atoms with van der Waals surface area (Å²) in [5, 5.41) is 0. The first-order valence-corrected chi connectivity index (χ1v) is 6.91. The number of methoxy groups -OCH3 is 1. The zero-order valence-electron chi connectivity index (χ0n) is 10.5. The van der Waals surface area contributed by atoms with Gasteiger partial charge in [-0.2, -0.15) is 0 Å². The molecule has 0 atom stereocenters. The fourth-order valence-electron chi connectivity index (χ4n) is 1.32. The number of carbonyl (C=O) groups is 2. The van der Waals surface area contributed by atoms with E-state index >= 15 is 0 Å². The van der Waals surface area contributed by atoms with Gasteiger partial charge in [-0.05, 0) is 20.8 Å². The maximum absolute atomic E-state index is 11.6. The molecule has 0 spiro atoms. The van der Waals surface area contributed by atoms with Gasteiger partial charge in [0.25, 0.3) is 0 Å². The second-order valence-corrected chi connectivity index (χ2v) is 6.28. The summed E-state index contributed by atoms with van der Waals surface area (Å²) in [6.45, 7) is 4.60. The minimum absolute atomic E-state index is 0.120. The van der Waals surface area contributed by atoms with Crippen molar-refractivity contribution < 1.29 is 27.5 Å². The predicted molar refractivity (Wildman–Crippen MR) is 61.1 cm³/mol. The number of carbonyl (C=O) groups excluding carboxylic acids is 2. The number of esters is 2. The van der Waals surface area contributed by atoms with Gasteiger partial charge < -0.3 is 9.47 Å². The highest BCUT2D eigenvalue weighted by molar-refractivity contribution is 7.92. The molecule has 0 aromatic rings. The van der Waals surface area contributed by atoms with E-state index in [1.165, 1.54) is 21.0 Å². The van der Waals surface area contributed by atoms with Gasteiger partial charge in [-0.3, -0.25) is 9.59 Å². The highest BCUT2D eigenvalue weighted by Gasteiger charge is 2.35. The molecule has 0 N–H and O–H groups in total. The summed E-state index contributed by atoms with van der Waals surface area (Å²) in [7, 11) is -2.51. The van der Waals surface area contributed by atoms with E-state index in [4.69, 9.17) is 0 Å². The van der Waals surface area contributed by atoms with Gasteiger partial charge in [0.1, 0.15) is 5.75 Å². The minimum Gasteiger partial charge on any atom is -0.469 e. The van der Waals surface area contributed by atoms with E-state index in [-0.39, 0.29) is 6.61 Å². The third kappa shape index (κ3) is 5.67. The Bertz CT molecular complexity index is 382. The molecule has 0 aromatic carbocycles. The van der Waals surface area contributed by atoms with Crippen molar-refractivity contribution in [2.75, 3.05) is 25.2 Å². The molecule has 0 bridgehead atoms. The van der Waals surface area contributed by atoms with Crippen LogP contribution in [0.4, 0.5) is 0 Å². The van der Waals surface area contributed by atoms with Crippen LogP contribution in [0.2, 0.25) is 0 Å². The van der Waals surface area contributed by atoms with Crippen LogP contribution in [0.3, 0.4) is 0 Å². The first kappa shape index (κ1) is 15.9. The highest BCUT2D eigenvalue weighted by atomic mass is 32.2. The van der Waals surface area contributed by atoms with Gasteiger partial charge in [-0.1, -0.05) is 0 Å². The van der Waals surface area contributed by atoms with E-state index in [0.717, 1.165) is 0 Å². The zero-order valence-corrected chi connectivity index (χ0v) is 11.3. The molecule has 0 saturated heterocycles. The average Bonchev–Trinajstić information content (AvgIpc) is 2.13. The molecule has 100 valence electrons. The molecule has 0 aliphatic rings. The molecule has 0 amide bonds. The summed E-state index contributed by atoms with van der Waals surface area (Å²) in [5.74, 6) is -2.62. The lowest BCUT2D eigenvalue weighted by Crippen LogP contribution is -2.36.